The van der Waals surface area contributed by atoms with Crippen molar-refractivity contribution in [2.45, 2.75) is 26.5 Å². The fourth-order valence-electron chi connectivity index (χ4n) is 4.89. The van der Waals surface area contributed by atoms with Gasteiger partial charge in [0.1, 0.15) is 29.3 Å². The van der Waals surface area contributed by atoms with Gasteiger partial charge in [-0.25, -0.2) is 9.78 Å². The van der Waals surface area contributed by atoms with Gasteiger partial charge in [-0.15, -0.1) is 0 Å². The average Bonchev–Trinajstić information content (AvgIpc) is 3.31. The van der Waals surface area contributed by atoms with Crippen LogP contribution in [-0.2, 0) is 11.3 Å². The standard InChI is InChI=1S/C31H29ClN2O6/c1-3-38-31(37)25-18(2)40-30-23-7-5-4-6-22(23)29(36)27(26(25)30)28(34-14-15-35)20-12-13-33-24(16-20)39-17-19-8-10-21(32)11-9-19/h4-13,16,28,34-36H,3,14-15,17H2,1-2H3. The molecule has 5 rings (SSSR count). The predicted octanol–water partition coefficient (Wildman–Crippen LogP) is 6.08. The highest BCUT2D eigenvalue weighted by molar-refractivity contribution is 6.30. The number of furan rings is 1. The Bertz CT molecular complexity index is 1660. The molecule has 0 fully saturated rings. The molecule has 2 heterocycles. The average molecular weight is 561 g/mol. The fourth-order valence-corrected chi connectivity index (χ4v) is 5.02. The molecule has 3 aromatic carbocycles. The molecule has 206 valence electrons. The molecule has 2 aromatic heterocycles. The van der Waals surface area contributed by atoms with E-state index in [9.17, 15) is 15.0 Å². The van der Waals surface area contributed by atoms with Crippen molar-refractivity contribution in [3.63, 3.8) is 0 Å². The molecular weight excluding hydrogens is 532 g/mol. The second-order valence-corrected chi connectivity index (χ2v) is 9.66. The van der Waals surface area contributed by atoms with E-state index < -0.39 is 12.0 Å². The number of carbonyl (C=O) groups excluding carboxylic acids is 1. The molecule has 0 radical (unpaired) electrons. The Labute approximate surface area is 236 Å². The van der Waals surface area contributed by atoms with Crippen molar-refractivity contribution < 1.29 is 28.9 Å². The van der Waals surface area contributed by atoms with Gasteiger partial charge in [0, 0.05) is 45.6 Å². The molecule has 0 aliphatic carbocycles. The van der Waals surface area contributed by atoms with Gasteiger partial charge in [-0.3, -0.25) is 0 Å². The molecule has 1 unspecified atom stereocenters. The van der Waals surface area contributed by atoms with E-state index in [0.29, 0.717) is 49.5 Å². The van der Waals surface area contributed by atoms with Crippen LogP contribution in [-0.4, -0.2) is 40.9 Å². The zero-order chi connectivity index (χ0) is 28.2. The lowest BCUT2D eigenvalue weighted by Gasteiger charge is -2.23. The number of aryl methyl sites for hydroxylation is 1. The summed E-state index contributed by atoms with van der Waals surface area (Å²) in [7, 11) is 0. The number of phenols is 1. The number of hydrogen-bond acceptors (Lipinski definition) is 8. The number of phenolic OH excluding ortho intramolecular Hbond substituents is 1. The van der Waals surface area contributed by atoms with Crippen LogP contribution in [0.5, 0.6) is 11.6 Å². The van der Waals surface area contributed by atoms with Crippen LogP contribution in [0.25, 0.3) is 21.7 Å². The first kappa shape index (κ1) is 27.5. The molecule has 3 N–H and O–H groups in total. The van der Waals surface area contributed by atoms with E-state index in [2.05, 4.69) is 10.3 Å². The van der Waals surface area contributed by atoms with Gasteiger partial charge >= 0.3 is 5.97 Å². The van der Waals surface area contributed by atoms with Crippen molar-refractivity contribution >= 4 is 39.3 Å². The number of nitrogens with one attached hydrogen (secondary N) is 1. The van der Waals surface area contributed by atoms with E-state index >= 15 is 0 Å². The number of aromatic nitrogens is 1. The predicted molar refractivity (Wildman–Crippen MR) is 153 cm³/mol. The van der Waals surface area contributed by atoms with Crippen LogP contribution < -0.4 is 10.1 Å². The normalized spacial score (nSPS) is 12.1. The van der Waals surface area contributed by atoms with E-state index in [1.807, 2.05) is 30.3 Å². The first-order valence-electron chi connectivity index (χ1n) is 12.9. The molecule has 5 aromatic rings. The van der Waals surface area contributed by atoms with Crippen LogP contribution in [0.1, 0.15) is 45.8 Å². The van der Waals surface area contributed by atoms with Crippen molar-refractivity contribution in [2.75, 3.05) is 19.8 Å². The topological polar surface area (TPSA) is 114 Å². The number of nitrogens with zero attached hydrogens (tertiary/aromatic N) is 1. The third-order valence-corrected chi connectivity index (χ3v) is 6.91. The molecule has 8 nitrogen and oxygen atoms in total. The number of aliphatic hydroxyl groups excluding tert-OH is 1. The fraction of sp³-hybridized carbons (Fsp3) is 0.226. The lowest BCUT2D eigenvalue weighted by Crippen LogP contribution is -2.26. The van der Waals surface area contributed by atoms with Crippen LogP contribution in [0.3, 0.4) is 0 Å². The number of carbonyl (C=O) groups is 1. The summed E-state index contributed by atoms with van der Waals surface area (Å²) in [6, 6.07) is 17.5. The number of hydrogen-bond donors (Lipinski definition) is 3. The van der Waals surface area contributed by atoms with Gasteiger partial charge in [-0.2, -0.15) is 0 Å². The molecule has 0 saturated heterocycles. The Hall–Kier alpha value is -4.11. The minimum atomic E-state index is -0.662. The summed E-state index contributed by atoms with van der Waals surface area (Å²) < 4.78 is 17.5. The number of fused-ring (bicyclic) bond motifs is 3. The summed E-state index contributed by atoms with van der Waals surface area (Å²) in [6.45, 7) is 3.97. The minimum absolute atomic E-state index is 0.00895. The summed E-state index contributed by atoms with van der Waals surface area (Å²) in [6.07, 6.45) is 1.61. The monoisotopic (exact) mass is 560 g/mol. The first-order chi connectivity index (χ1) is 19.4. The highest BCUT2D eigenvalue weighted by Crippen LogP contribution is 2.45. The quantitative estimate of drug-likeness (QED) is 0.176. The van der Waals surface area contributed by atoms with Crippen molar-refractivity contribution in [1.82, 2.24) is 10.3 Å². The van der Waals surface area contributed by atoms with E-state index in [-0.39, 0.29) is 37.7 Å². The number of aromatic hydroxyl groups is 1. The Kier molecular flexibility index (Phi) is 8.21. The molecule has 1 atom stereocenters. The number of pyridine rings is 1. The molecule has 0 bridgehead atoms. The highest BCUT2D eigenvalue weighted by Gasteiger charge is 2.31. The Morgan fingerprint density at radius 3 is 2.60 bits per heavy atom. The molecule has 40 heavy (non-hydrogen) atoms. The molecule has 0 spiro atoms. The Balaban J connectivity index is 1.67. The maximum atomic E-state index is 13.1. The number of rotatable bonds is 10. The Morgan fingerprint density at radius 2 is 1.88 bits per heavy atom. The van der Waals surface area contributed by atoms with E-state index in [0.717, 1.165) is 5.56 Å². The van der Waals surface area contributed by atoms with Gasteiger partial charge < -0.3 is 29.4 Å². The van der Waals surface area contributed by atoms with Crippen molar-refractivity contribution in [2.24, 2.45) is 0 Å². The molecule has 0 aliphatic heterocycles. The van der Waals surface area contributed by atoms with Gasteiger partial charge in [-0.05, 0) is 43.2 Å². The van der Waals surface area contributed by atoms with E-state index in [1.165, 1.54) is 0 Å². The molecular formula is C31H29ClN2O6. The van der Waals surface area contributed by atoms with Gasteiger partial charge in [0.05, 0.1) is 19.3 Å². The smallest absolute Gasteiger partial charge is 0.342 e. The SMILES string of the molecule is CCOC(=O)c1c(C)oc2c1c(C(NCCO)c1ccnc(OCc3ccc(Cl)cc3)c1)c(O)c1ccccc12. The highest BCUT2D eigenvalue weighted by atomic mass is 35.5. The van der Waals surface area contributed by atoms with Crippen LogP contribution >= 0.6 is 11.6 Å². The van der Waals surface area contributed by atoms with Crippen LogP contribution in [0.15, 0.2) is 71.3 Å². The first-order valence-corrected chi connectivity index (χ1v) is 13.3. The van der Waals surface area contributed by atoms with Crippen LogP contribution in [0.2, 0.25) is 5.02 Å². The van der Waals surface area contributed by atoms with Crippen molar-refractivity contribution in [1.29, 1.82) is 0 Å². The van der Waals surface area contributed by atoms with Crippen LogP contribution in [0.4, 0.5) is 0 Å². The van der Waals surface area contributed by atoms with Crippen molar-refractivity contribution in [3.8, 4) is 11.6 Å². The third kappa shape index (κ3) is 5.34. The van der Waals surface area contributed by atoms with Gasteiger partial charge in [-0.1, -0.05) is 48.0 Å². The van der Waals surface area contributed by atoms with E-state index in [4.69, 9.17) is 25.5 Å². The van der Waals surface area contributed by atoms with Gasteiger partial charge in [0.25, 0.3) is 0 Å². The summed E-state index contributed by atoms with van der Waals surface area (Å²) in [5.74, 6) is 0.199. The molecule has 9 heteroatoms. The van der Waals surface area contributed by atoms with Gasteiger partial charge in [0.15, 0.2) is 0 Å². The van der Waals surface area contributed by atoms with Crippen LogP contribution in [0, 0.1) is 6.92 Å². The van der Waals surface area contributed by atoms with Crippen molar-refractivity contribution in [3.05, 3.63) is 99.9 Å². The zero-order valence-electron chi connectivity index (χ0n) is 22.1. The van der Waals surface area contributed by atoms with E-state index in [1.54, 1.807) is 50.4 Å². The Morgan fingerprint density at radius 1 is 1.12 bits per heavy atom. The number of aliphatic hydroxyl groups is 1. The lowest BCUT2D eigenvalue weighted by molar-refractivity contribution is 0.0526. The minimum Gasteiger partial charge on any atom is -0.507 e. The largest absolute Gasteiger partial charge is 0.507 e. The maximum Gasteiger partial charge on any atom is 0.342 e. The summed E-state index contributed by atoms with van der Waals surface area (Å²) in [4.78, 5) is 17.5. The summed E-state index contributed by atoms with van der Waals surface area (Å²) in [5.41, 5.74) is 2.77. The van der Waals surface area contributed by atoms with Gasteiger partial charge in [0.2, 0.25) is 5.88 Å². The summed E-state index contributed by atoms with van der Waals surface area (Å²) >= 11 is 5.99. The lowest BCUT2D eigenvalue weighted by atomic mass is 9.90. The number of halogens is 1. The molecule has 0 amide bonds. The number of ether oxygens (including phenoxy) is 2. The number of benzene rings is 3. The third-order valence-electron chi connectivity index (χ3n) is 6.66. The zero-order valence-corrected chi connectivity index (χ0v) is 22.9. The second kappa shape index (κ2) is 12.0. The maximum absolute atomic E-state index is 13.1. The molecule has 0 aliphatic rings. The summed E-state index contributed by atoms with van der Waals surface area (Å²) in [5, 5.41) is 27.0. The molecule has 0 saturated carbocycles. The second-order valence-electron chi connectivity index (χ2n) is 9.22. The number of esters is 1.